The molecule has 4 unspecified atom stereocenters. The maximum Gasteiger partial charge on any atom is 0.243 e. The highest BCUT2D eigenvalue weighted by Crippen LogP contribution is 2.30. The van der Waals surface area contributed by atoms with Crippen molar-refractivity contribution in [1.82, 2.24) is 15.5 Å². The molecular weight excluding hydrogens is 542 g/mol. The Bertz CT molecular complexity index is 1100. The van der Waals surface area contributed by atoms with E-state index in [1.54, 1.807) is 26.2 Å². The number of carbonyl (C=O) groups is 4. The topological polar surface area (TPSA) is 136 Å². The molecule has 11 nitrogen and oxygen atoms in total. The summed E-state index contributed by atoms with van der Waals surface area (Å²) in [6.07, 6.45) is 4.63. The van der Waals surface area contributed by atoms with Crippen molar-refractivity contribution in [2.75, 3.05) is 53.7 Å². The Morgan fingerprint density at radius 2 is 1.64 bits per heavy atom. The minimum atomic E-state index is -0.966. The molecule has 4 rings (SSSR count). The fourth-order valence-corrected chi connectivity index (χ4v) is 5.81. The lowest BCUT2D eigenvalue weighted by Gasteiger charge is -2.27. The highest BCUT2D eigenvalue weighted by Gasteiger charge is 2.39. The summed E-state index contributed by atoms with van der Waals surface area (Å²) in [4.78, 5) is 54.8. The Balaban J connectivity index is 1.45. The van der Waals surface area contributed by atoms with Crippen molar-refractivity contribution in [2.45, 2.75) is 70.1 Å². The van der Waals surface area contributed by atoms with Crippen LogP contribution in [0.4, 0.5) is 0 Å². The standard InChI is InChI=1S/C31H45N3O8/c1-20(14-23(35)18-34-10-12-41-13-11-34)30(37)33-25(16-22-8-9-26(39-2)27(17-22)40-3)31(38)32-24(29(36)28-19-42-28)15-21-6-4-5-7-21/h8-9,17,20-21,24-25,28H,4-7,10-16,18-19H2,1-3H3,(H,32,38)(H,33,37). The number of carbonyl (C=O) groups excluding carboxylic acids is 4. The largest absolute Gasteiger partial charge is 0.493 e. The number of methoxy groups -OCH3 is 2. The van der Waals surface area contributed by atoms with Crippen molar-refractivity contribution in [2.24, 2.45) is 11.8 Å². The van der Waals surface area contributed by atoms with Crippen LogP contribution in [-0.4, -0.2) is 100 Å². The van der Waals surface area contributed by atoms with Crippen LogP contribution in [0.2, 0.25) is 0 Å². The molecule has 232 valence electrons. The lowest BCUT2D eigenvalue weighted by molar-refractivity contribution is -0.134. The van der Waals surface area contributed by atoms with Gasteiger partial charge < -0.3 is 29.6 Å². The summed E-state index contributed by atoms with van der Waals surface area (Å²) in [5.41, 5.74) is 0.744. The van der Waals surface area contributed by atoms with Gasteiger partial charge in [-0.3, -0.25) is 24.1 Å². The summed E-state index contributed by atoms with van der Waals surface area (Å²) in [6, 6.07) is 3.67. The molecule has 0 aromatic heterocycles. The normalized spacial score (nSPS) is 21.2. The van der Waals surface area contributed by atoms with Crippen LogP contribution >= 0.6 is 0 Å². The summed E-state index contributed by atoms with van der Waals surface area (Å²) < 4.78 is 21.4. The van der Waals surface area contributed by atoms with E-state index in [1.165, 1.54) is 7.11 Å². The monoisotopic (exact) mass is 587 g/mol. The zero-order valence-electron chi connectivity index (χ0n) is 25.0. The summed E-state index contributed by atoms with van der Waals surface area (Å²) in [6.45, 7) is 4.89. The molecule has 2 heterocycles. The maximum absolute atomic E-state index is 13.7. The van der Waals surface area contributed by atoms with Gasteiger partial charge in [0.25, 0.3) is 0 Å². The third-order valence-electron chi connectivity index (χ3n) is 8.36. The second-order valence-electron chi connectivity index (χ2n) is 11.7. The molecule has 4 atom stereocenters. The summed E-state index contributed by atoms with van der Waals surface area (Å²) in [5, 5.41) is 5.82. The number of morpholine rings is 1. The lowest BCUT2D eigenvalue weighted by atomic mass is 9.94. The van der Waals surface area contributed by atoms with Gasteiger partial charge in [0.1, 0.15) is 17.9 Å². The highest BCUT2D eigenvalue weighted by molar-refractivity contribution is 5.96. The van der Waals surface area contributed by atoms with E-state index in [1.807, 2.05) is 11.0 Å². The van der Waals surface area contributed by atoms with Gasteiger partial charge in [-0.1, -0.05) is 38.7 Å². The molecule has 0 radical (unpaired) electrons. The van der Waals surface area contributed by atoms with E-state index in [-0.39, 0.29) is 31.0 Å². The number of Topliss-reactive ketones (excluding diaryl/α,β-unsaturated/α-hetero) is 2. The number of nitrogens with one attached hydrogen (secondary N) is 2. The number of rotatable bonds is 16. The van der Waals surface area contributed by atoms with Crippen LogP contribution in [0.3, 0.4) is 0 Å². The van der Waals surface area contributed by atoms with Gasteiger partial charge in [-0.05, 0) is 30.0 Å². The Morgan fingerprint density at radius 1 is 0.976 bits per heavy atom. The highest BCUT2D eigenvalue weighted by atomic mass is 16.6. The molecule has 1 aliphatic carbocycles. The van der Waals surface area contributed by atoms with Crippen molar-refractivity contribution in [3.05, 3.63) is 23.8 Å². The van der Waals surface area contributed by atoms with Crippen molar-refractivity contribution in [1.29, 1.82) is 0 Å². The van der Waals surface area contributed by atoms with E-state index >= 15 is 0 Å². The summed E-state index contributed by atoms with van der Waals surface area (Å²) in [7, 11) is 3.07. The molecule has 2 amide bonds. The SMILES string of the molecule is COc1ccc(CC(NC(=O)C(C)CC(=O)CN2CCOCC2)C(=O)NC(CC2CCCC2)C(=O)C2CO2)cc1OC. The summed E-state index contributed by atoms with van der Waals surface area (Å²) in [5.74, 6) is -0.199. The average molecular weight is 588 g/mol. The first kappa shape index (κ1) is 31.9. The molecule has 2 N–H and O–H groups in total. The number of ether oxygens (including phenoxy) is 4. The molecule has 42 heavy (non-hydrogen) atoms. The van der Waals surface area contributed by atoms with Gasteiger partial charge in [0.05, 0.1) is 46.6 Å². The molecule has 3 aliphatic rings. The van der Waals surface area contributed by atoms with Gasteiger partial charge in [0.15, 0.2) is 17.3 Å². The maximum atomic E-state index is 13.7. The van der Waals surface area contributed by atoms with Gasteiger partial charge in [-0.2, -0.15) is 0 Å². The van der Waals surface area contributed by atoms with Crippen LogP contribution in [0.25, 0.3) is 0 Å². The van der Waals surface area contributed by atoms with E-state index in [4.69, 9.17) is 18.9 Å². The zero-order chi connectivity index (χ0) is 30.1. The Labute approximate surface area is 247 Å². The molecule has 2 aliphatic heterocycles. The molecule has 1 aromatic rings. The van der Waals surface area contributed by atoms with Crippen LogP contribution in [0.1, 0.15) is 51.0 Å². The first-order chi connectivity index (χ1) is 20.3. The number of hydrogen-bond donors (Lipinski definition) is 2. The number of ketones is 2. The van der Waals surface area contributed by atoms with Crippen molar-refractivity contribution >= 4 is 23.4 Å². The molecular formula is C31H45N3O8. The van der Waals surface area contributed by atoms with Crippen molar-refractivity contribution < 1.29 is 38.1 Å². The van der Waals surface area contributed by atoms with Crippen LogP contribution < -0.4 is 20.1 Å². The van der Waals surface area contributed by atoms with Gasteiger partial charge >= 0.3 is 0 Å². The number of amides is 2. The number of nitrogens with zero attached hydrogens (tertiary/aromatic N) is 1. The lowest BCUT2D eigenvalue weighted by Crippen LogP contribution is -2.54. The van der Waals surface area contributed by atoms with Gasteiger partial charge in [0, 0.05) is 31.8 Å². The van der Waals surface area contributed by atoms with Crippen LogP contribution in [-0.2, 0) is 35.1 Å². The molecule has 1 saturated carbocycles. The zero-order valence-corrected chi connectivity index (χ0v) is 25.0. The summed E-state index contributed by atoms with van der Waals surface area (Å²) >= 11 is 0. The molecule has 0 spiro atoms. The molecule has 1 aromatic carbocycles. The number of epoxide rings is 1. The Hall–Kier alpha value is -3.02. The van der Waals surface area contributed by atoms with Crippen LogP contribution in [0.5, 0.6) is 11.5 Å². The van der Waals surface area contributed by atoms with E-state index in [9.17, 15) is 19.2 Å². The number of hydrogen-bond acceptors (Lipinski definition) is 9. The van der Waals surface area contributed by atoms with E-state index in [0.29, 0.717) is 56.7 Å². The third kappa shape index (κ3) is 9.24. The minimum absolute atomic E-state index is 0.0351. The molecule has 2 saturated heterocycles. The van der Waals surface area contributed by atoms with Crippen molar-refractivity contribution in [3.63, 3.8) is 0 Å². The van der Waals surface area contributed by atoms with Crippen LogP contribution in [0.15, 0.2) is 18.2 Å². The van der Waals surface area contributed by atoms with E-state index < -0.39 is 35.9 Å². The predicted molar refractivity (Wildman–Crippen MR) is 154 cm³/mol. The van der Waals surface area contributed by atoms with Gasteiger partial charge in [-0.15, -0.1) is 0 Å². The second-order valence-corrected chi connectivity index (χ2v) is 11.7. The predicted octanol–water partition coefficient (Wildman–Crippen LogP) is 1.69. The van der Waals surface area contributed by atoms with Crippen molar-refractivity contribution in [3.8, 4) is 11.5 Å². The van der Waals surface area contributed by atoms with Gasteiger partial charge in [0.2, 0.25) is 11.8 Å². The van der Waals surface area contributed by atoms with E-state index in [0.717, 1.165) is 31.2 Å². The average Bonchev–Trinajstić information content (AvgIpc) is 3.71. The fourth-order valence-electron chi connectivity index (χ4n) is 5.81. The first-order valence-corrected chi connectivity index (χ1v) is 15.1. The first-order valence-electron chi connectivity index (χ1n) is 15.1. The second kappa shape index (κ2) is 15.5. The Kier molecular flexibility index (Phi) is 11.7. The number of benzene rings is 1. The smallest absolute Gasteiger partial charge is 0.243 e. The molecule has 0 bridgehead atoms. The Morgan fingerprint density at radius 3 is 2.29 bits per heavy atom. The van der Waals surface area contributed by atoms with E-state index in [2.05, 4.69) is 10.6 Å². The molecule has 11 heteroatoms. The van der Waals surface area contributed by atoms with Crippen LogP contribution in [0, 0.1) is 11.8 Å². The fraction of sp³-hybridized carbons (Fsp3) is 0.677. The quantitative estimate of drug-likeness (QED) is 0.277. The third-order valence-corrected chi connectivity index (χ3v) is 8.36. The van der Waals surface area contributed by atoms with Gasteiger partial charge in [-0.25, -0.2) is 0 Å². The minimum Gasteiger partial charge on any atom is -0.493 e. The molecule has 3 fully saturated rings.